The van der Waals surface area contributed by atoms with Crippen molar-refractivity contribution in [2.24, 2.45) is 13.0 Å². The molecule has 1 N–H and O–H groups in total. The third kappa shape index (κ3) is 2.18. The Kier molecular flexibility index (Phi) is 3.14. The number of aryl methyl sites for hydroxylation is 2. The molecule has 0 atom stereocenters. The molecule has 102 valence electrons. The maximum absolute atomic E-state index is 12.3. The first-order chi connectivity index (χ1) is 9.16. The minimum Gasteiger partial charge on any atom is -0.317 e. The molecule has 0 saturated carbocycles. The Bertz CT molecular complexity index is 649. The number of rotatable bonds is 2. The van der Waals surface area contributed by atoms with Crippen LogP contribution < -0.4 is 10.9 Å². The number of fused-ring (bicyclic) bond motifs is 1. The molecule has 2 aromatic heterocycles. The second-order valence-corrected chi connectivity index (χ2v) is 5.48. The summed E-state index contributed by atoms with van der Waals surface area (Å²) in [6.07, 6.45) is 4.13. The molecule has 19 heavy (non-hydrogen) atoms. The second kappa shape index (κ2) is 4.81. The molecule has 0 unspecified atom stereocenters. The summed E-state index contributed by atoms with van der Waals surface area (Å²) >= 11 is 0. The summed E-state index contributed by atoms with van der Waals surface area (Å²) in [5.74, 6) is 0.583. The van der Waals surface area contributed by atoms with E-state index < -0.39 is 0 Å². The molecule has 5 nitrogen and oxygen atoms in total. The molecule has 3 heterocycles. The highest BCUT2D eigenvalue weighted by Gasteiger charge is 2.17. The van der Waals surface area contributed by atoms with Crippen molar-refractivity contribution in [2.45, 2.75) is 26.3 Å². The van der Waals surface area contributed by atoms with Crippen molar-refractivity contribution in [3.8, 4) is 0 Å². The molecule has 0 amide bonds. The van der Waals surface area contributed by atoms with Crippen LogP contribution in [0.25, 0.3) is 11.0 Å². The fourth-order valence-electron chi connectivity index (χ4n) is 2.97. The Hall–Kier alpha value is -1.62. The number of piperidine rings is 1. The van der Waals surface area contributed by atoms with Crippen LogP contribution in [0, 0.1) is 12.8 Å². The largest absolute Gasteiger partial charge is 0.317 e. The lowest BCUT2D eigenvalue weighted by Gasteiger charge is -2.24. The van der Waals surface area contributed by atoms with Gasteiger partial charge in [0.05, 0.1) is 6.20 Å². The lowest BCUT2D eigenvalue weighted by atomic mass is 9.98. The maximum atomic E-state index is 12.3. The van der Waals surface area contributed by atoms with Gasteiger partial charge < -0.3 is 5.32 Å². The first kappa shape index (κ1) is 12.4. The van der Waals surface area contributed by atoms with Gasteiger partial charge in [-0.2, -0.15) is 5.10 Å². The summed E-state index contributed by atoms with van der Waals surface area (Å²) < 4.78 is 3.70. The Morgan fingerprint density at radius 3 is 2.89 bits per heavy atom. The van der Waals surface area contributed by atoms with Gasteiger partial charge in [-0.25, -0.2) is 0 Å². The van der Waals surface area contributed by atoms with Crippen LogP contribution in [-0.2, 0) is 13.6 Å². The van der Waals surface area contributed by atoms with Gasteiger partial charge >= 0.3 is 0 Å². The van der Waals surface area contributed by atoms with Crippen molar-refractivity contribution in [1.82, 2.24) is 19.7 Å². The summed E-state index contributed by atoms with van der Waals surface area (Å²) in [5, 5.41) is 8.74. The molecule has 3 rings (SSSR count). The van der Waals surface area contributed by atoms with Gasteiger partial charge in [0.1, 0.15) is 5.65 Å². The van der Waals surface area contributed by atoms with Crippen LogP contribution in [0.2, 0.25) is 0 Å². The van der Waals surface area contributed by atoms with Crippen LogP contribution in [0.15, 0.2) is 17.1 Å². The number of nitrogens with one attached hydrogen (secondary N) is 1. The fraction of sp³-hybridized carbons (Fsp3) is 0.571. The molecule has 1 aliphatic heterocycles. The van der Waals surface area contributed by atoms with E-state index in [1.165, 1.54) is 0 Å². The molecule has 1 fully saturated rings. The Morgan fingerprint density at radius 2 is 2.16 bits per heavy atom. The zero-order chi connectivity index (χ0) is 13.4. The lowest BCUT2D eigenvalue weighted by Crippen LogP contribution is -2.33. The van der Waals surface area contributed by atoms with Crippen LogP contribution >= 0.6 is 0 Å². The average Bonchev–Trinajstić information content (AvgIpc) is 2.78. The number of nitrogens with zero attached hydrogens (tertiary/aromatic N) is 3. The van der Waals surface area contributed by atoms with E-state index in [9.17, 15) is 4.79 Å². The van der Waals surface area contributed by atoms with Crippen LogP contribution in [0.3, 0.4) is 0 Å². The van der Waals surface area contributed by atoms with Gasteiger partial charge in [0, 0.05) is 25.0 Å². The molecule has 1 saturated heterocycles. The van der Waals surface area contributed by atoms with E-state index >= 15 is 0 Å². The molecule has 0 radical (unpaired) electrons. The highest BCUT2D eigenvalue weighted by atomic mass is 16.1. The van der Waals surface area contributed by atoms with Gasteiger partial charge in [-0.15, -0.1) is 0 Å². The summed E-state index contributed by atoms with van der Waals surface area (Å²) in [6.45, 7) is 4.89. The van der Waals surface area contributed by atoms with Crippen LogP contribution in [0.1, 0.15) is 18.4 Å². The van der Waals surface area contributed by atoms with Crippen molar-refractivity contribution in [1.29, 1.82) is 0 Å². The summed E-state index contributed by atoms with van der Waals surface area (Å²) in [4.78, 5) is 12.3. The zero-order valence-electron chi connectivity index (χ0n) is 11.5. The smallest absolute Gasteiger partial charge is 0.252 e. The molecule has 0 aliphatic carbocycles. The van der Waals surface area contributed by atoms with E-state index in [2.05, 4.69) is 10.4 Å². The van der Waals surface area contributed by atoms with E-state index in [1.807, 2.05) is 29.4 Å². The fourth-order valence-corrected chi connectivity index (χ4v) is 2.97. The molecule has 2 aromatic rings. The highest BCUT2D eigenvalue weighted by molar-refractivity contribution is 5.78. The number of aromatic nitrogens is 3. The Balaban J connectivity index is 2.06. The minimum atomic E-state index is 0.0899. The maximum Gasteiger partial charge on any atom is 0.252 e. The average molecular weight is 260 g/mol. The Labute approximate surface area is 112 Å². The van der Waals surface area contributed by atoms with Crippen molar-refractivity contribution in [2.75, 3.05) is 13.1 Å². The third-order valence-electron chi connectivity index (χ3n) is 4.09. The topological polar surface area (TPSA) is 51.9 Å². The summed E-state index contributed by atoms with van der Waals surface area (Å²) in [7, 11) is 1.90. The molecule has 0 bridgehead atoms. The SMILES string of the molecule is Cc1cc(=O)n(CC2CCNCC2)c2c1cnn2C. The highest BCUT2D eigenvalue weighted by Crippen LogP contribution is 2.19. The van der Waals surface area contributed by atoms with Crippen molar-refractivity contribution in [3.63, 3.8) is 0 Å². The van der Waals surface area contributed by atoms with Gasteiger partial charge in [0.15, 0.2) is 0 Å². The van der Waals surface area contributed by atoms with Gasteiger partial charge in [-0.05, 0) is 44.3 Å². The summed E-state index contributed by atoms with van der Waals surface area (Å²) in [5.41, 5.74) is 2.05. The number of hydrogen-bond donors (Lipinski definition) is 1. The zero-order valence-corrected chi connectivity index (χ0v) is 11.5. The van der Waals surface area contributed by atoms with Crippen LogP contribution in [0.5, 0.6) is 0 Å². The molecular formula is C14H20N4O. The van der Waals surface area contributed by atoms with E-state index in [4.69, 9.17) is 0 Å². The first-order valence-electron chi connectivity index (χ1n) is 6.89. The van der Waals surface area contributed by atoms with Gasteiger partial charge in [-0.3, -0.25) is 14.0 Å². The molecule has 5 heteroatoms. The van der Waals surface area contributed by atoms with Gasteiger partial charge in [0.25, 0.3) is 5.56 Å². The monoisotopic (exact) mass is 260 g/mol. The summed E-state index contributed by atoms with van der Waals surface area (Å²) in [6, 6.07) is 1.73. The van der Waals surface area contributed by atoms with Crippen LogP contribution in [-0.4, -0.2) is 27.4 Å². The second-order valence-electron chi connectivity index (χ2n) is 5.48. The lowest BCUT2D eigenvalue weighted by molar-refractivity contribution is 0.332. The van der Waals surface area contributed by atoms with E-state index in [0.29, 0.717) is 5.92 Å². The van der Waals surface area contributed by atoms with E-state index in [1.54, 1.807) is 6.07 Å². The normalized spacial score (nSPS) is 17.2. The predicted octanol–water partition coefficient (Wildman–Crippen LogP) is 1.04. The van der Waals surface area contributed by atoms with Crippen molar-refractivity contribution >= 4 is 11.0 Å². The quantitative estimate of drug-likeness (QED) is 0.878. The van der Waals surface area contributed by atoms with E-state index in [0.717, 1.165) is 49.1 Å². The number of pyridine rings is 1. The first-order valence-corrected chi connectivity index (χ1v) is 6.89. The number of hydrogen-bond acceptors (Lipinski definition) is 3. The van der Waals surface area contributed by atoms with Crippen LogP contribution in [0.4, 0.5) is 0 Å². The molecule has 0 spiro atoms. The standard InChI is InChI=1S/C14H20N4O/c1-10-7-13(19)18(9-11-3-5-15-6-4-11)14-12(10)8-16-17(14)2/h7-8,11,15H,3-6,9H2,1-2H3. The molecule has 1 aliphatic rings. The third-order valence-corrected chi connectivity index (χ3v) is 4.09. The predicted molar refractivity (Wildman–Crippen MR) is 75.3 cm³/mol. The Morgan fingerprint density at radius 1 is 1.42 bits per heavy atom. The van der Waals surface area contributed by atoms with Gasteiger partial charge in [0.2, 0.25) is 0 Å². The molecular weight excluding hydrogens is 240 g/mol. The van der Waals surface area contributed by atoms with E-state index in [-0.39, 0.29) is 5.56 Å². The van der Waals surface area contributed by atoms with Gasteiger partial charge in [-0.1, -0.05) is 0 Å². The van der Waals surface area contributed by atoms with Crippen molar-refractivity contribution < 1.29 is 0 Å². The van der Waals surface area contributed by atoms with Crippen molar-refractivity contribution in [3.05, 3.63) is 28.2 Å². The molecule has 0 aromatic carbocycles. The minimum absolute atomic E-state index is 0.0899.